The topological polar surface area (TPSA) is 40.6 Å². The zero-order valence-corrected chi connectivity index (χ0v) is 10.4. The summed E-state index contributed by atoms with van der Waals surface area (Å²) < 4.78 is 16.1. The van der Waals surface area contributed by atoms with E-state index < -0.39 is 0 Å². The predicted octanol–water partition coefficient (Wildman–Crippen LogP) is 2.57. The monoisotopic (exact) mass is 233 g/mol. The molecule has 0 aliphatic carbocycles. The summed E-state index contributed by atoms with van der Waals surface area (Å²) in [5.41, 5.74) is 1.92. The van der Waals surface area contributed by atoms with Crippen LogP contribution in [0.5, 0.6) is 17.2 Å². The quantitative estimate of drug-likeness (QED) is 0.817. The molecule has 1 heterocycles. The lowest BCUT2D eigenvalue weighted by Gasteiger charge is -2.15. The molecule has 0 radical (unpaired) electrons. The average Bonchev–Trinajstić information content (AvgIpc) is 2.36. The zero-order valence-electron chi connectivity index (χ0n) is 10.4. The first kappa shape index (κ1) is 11.5. The molecule has 0 N–H and O–H groups in total. The summed E-state index contributed by atoms with van der Waals surface area (Å²) in [4.78, 5) is 4.32. The Morgan fingerprint density at radius 1 is 1.00 bits per heavy atom. The van der Waals surface area contributed by atoms with Crippen molar-refractivity contribution in [2.75, 3.05) is 21.3 Å². The molecular formula is C13H15NO3. The highest BCUT2D eigenvalue weighted by Crippen LogP contribution is 2.43. The fourth-order valence-corrected chi connectivity index (χ4v) is 1.94. The van der Waals surface area contributed by atoms with Crippen LogP contribution in [0.25, 0.3) is 10.9 Å². The first-order valence-corrected chi connectivity index (χ1v) is 5.27. The molecule has 0 amide bonds. The van der Waals surface area contributed by atoms with Gasteiger partial charge in [-0.25, -0.2) is 0 Å². The standard InChI is InChI=1S/C13H15NO3/c1-8-5-6-14-9-7-10(15-2)12(16-3)13(17-4)11(8)9/h5-7H,1-4H3. The van der Waals surface area contributed by atoms with Crippen molar-refractivity contribution in [3.05, 3.63) is 23.9 Å². The van der Waals surface area contributed by atoms with Crippen molar-refractivity contribution in [3.63, 3.8) is 0 Å². The molecule has 0 saturated carbocycles. The van der Waals surface area contributed by atoms with Crippen LogP contribution in [-0.2, 0) is 0 Å². The number of methoxy groups -OCH3 is 3. The van der Waals surface area contributed by atoms with Gasteiger partial charge in [0.1, 0.15) is 0 Å². The maximum atomic E-state index is 5.43. The molecule has 1 aromatic heterocycles. The van der Waals surface area contributed by atoms with Crippen molar-refractivity contribution in [3.8, 4) is 17.2 Å². The Kier molecular flexibility index (Phi) is 3.04. The van der Waals surface area contributed by atoms with E-state index in [-0.39, 0.29) is 0 Å². The van der Waals surface area contributed by atoms with E-state index in [2.05, 4.69) is 4.98 Å². The molecular weight excluding hydrogens is 218 g/mol. The Labute approximate surface area is 100 Å². The van der Waals surface area contributed by atoms with Gasteiger partial charge in [0.05, 0.1) is 26.8 Å². The van der Waals surface area contributed by atoms with E-state index in [1.165, 1.54) is 0 Å². The molecule has 17 heavy (non-hydrogen) atoms. The number of hydrogen-bond acceptors (Lipinski definition) is 4. The molecule has 4 heteroatoms. The fourth-order valence-electron chi connectivity index (χ4n) is 1.94. The number of aromatic nitrogens is 1. The average molecular weight is 233 g/mol. The van der Waals surface area contributed by atoms with E-state index in [0.717, 1.165) is 16.5 Å². The fraction of sp³-hybridized carbons (Fsp3) is 0.308. The Bertz CT molecular complexity index is 552. The van der Waals surface area contributed by atoms with Gasteiger partial charge in [0.25, 0.3) is 0 Å². The molecule has 0 atom stereocenters. The number of rotatable bonds is 3. The van der Waals surface area contributed by atoms with Crippen molar-refractivity contribution in [1.82, 2.24) is 4.98 Å². The van der Waals surface area contributed by atoms with Crippen LogP contribution < -0.4 is 14.2 Å². The molecule has 1 aromatic carbocycles. The minimum absolute atomic E-state index is 0.596. The summed E-state index contributed by atoms with van der Waals surface area (Å²) in [5, 5.41) is 0.952. The van der Waals surface area contributed by atoms with Gasteiger partial charge in [0, 0.05) is 17.6 Å². The molecule has 0 fully saturated rings. The molecule has 0 aliphatic heterocycles. The first-order chi connectivity index (χ1) is 8.22. The molecule has 0 aliphatic rings. The number of fused-ring (bicyclic) bond motifs is 1. The number of benzene rings is 1. The normalized spacial score (nSPS) is 10.4. The van der Waals surface area contributed by atoms with Gasteiger partial charge in [-0.05, 0) is 18.6 Å². The Hall–Kier alpha value is -1.97. The summed E-state index contributed by atoms with van der Waals surface area (Å²) in [6, 6.07) is 3.79. The molecule has 0 unspecified atom stereocenters. The second-order valence-corrected chi connectivity index (χ2v) is 3.67. The van der Waals surface area contributed by atoms with Crippen LogP contribution in [0.15, 0.2) is 18.3 Å². The van der Waals surface area contributed by atoms with Crippen LogP contribution in [0, 0.1) is 6.92 Å². The molecule has 4 nitrogen and oxygen atoms in total. The van der Waals surface area contributed by atoms with Gasteiger partial charge in [0.2, 0.25) is 5.75 Å². The lowest BCUT2D eigenvalue weighted by molar-refractivity contribution is 0.327. The molecule has 0 spiro atoms. The highest BCUT2D eigenvalue weighted by Gasteiger charge is 2.17. The van der Waals surface area contributed by atoms with Gasteiger partial charge >= 0.3 is 0 Å². The van der Waals surface area contributed by atoms with Crippen molar-refractivity contribution in [2.45, 2.75) is 6.92 Å². The van der Waals surface area contributed by atoms with Crippen molar-refractivity contribution in [2.24, 2.45) is 0 Å². The van der Waals surface area contributed by atoms with E-state index in [9.17, 15) is 0 Å². The molecule has 90 valence electrons. The van der Waals surface area contributed by atoms with Crippen molar-refractivity contribution < 1.29 is 14.2 Å². The minimum Gasteiger partial charge on any atom is -0.493 e. The lowest BCUT2D eigenvalue weighted by Crippen LogP contribution is -1.97. The van der Waals surface area contributed by atoms with Crippen LogP contribution in [0.3, 0.4) is 0 Å². The summed E-state index contributed by atoms with van der Waals surface area (Å²) in [6.07, 6.45) is 1.77. The summed E-state index contributed by atoms with van der Waals surface area (Å²) >= 11 is 0. The minimum atomic E-state index is 0.596. The predicted molar refractivity (Wildman–Crippen MR) is 66.1 cm³/mol. The summed E-state index contributed by atoms with van der Waals surface area (Å²) in [7, 11) is 4.81. The molecule has 0 saturated heterocycles. The largest absolute Gasteiger partial charge is 0.493 e. The first-order valence-electron chi connectivity index (χ1n) is 5.27. The maximum Gasteiger partial charge on any atom is 0.204 e. The molecule has 2 aromatic rings. The third-order valence-corrected chi connectivity index (χ3v) is 2.74. The Morgan fingerprint density at radius 3 is 2.29 bits per heavy atom. The van der Waals surface area contributed by atoms with Gasteiger partial charge in [0.15, 0.2) is 11.5 Å². The summed E-state index contributed by atoms with van der Waals surface area (Å²) in [6.45, 7) is 2.01. The SMILES string of the molecule is COc1cc2nccc(C)c2c(OC)c1OC. The smallest absolute Gasteiger partial charge is 0.204 e. The highest BCUT2D eigenvalue weighted by atomic mass is 16.5. The van der Waals surface area contributed by atoms with Gasteiger partial charge in [-0.15, -0.1) is 0 Å². The number of pyridine rings is 1. The third-order valence-electron chi connectivity index (χ3n) is 2.74. The maximum absolute atomic E-state index is 5.43. The molecule has 0 bridgehead atoms. The van der Waals surface area contributed by atoms with E-state index in [1.807, 2.05) is 19.1 Å². The number of aryl methyl sites for hydroxylation is 1. The van der Waals surface area contributed by atoms with Gasteiger partial charge < -0.3 is 14.2 Å². The van der Waals surface area contributed by atoms with Crippen LogP contribution in [0.4, 0.5) is 0 Å². The Balaban J connectivity index is 2.90. The van der Waals surface area contributed by atoms with Crippen LogP contribution in [0.1, 0.15) is 5.56 Å². The van der Waals surface area contributed by atoms with Gasteiger partial charge in [-0.1, -0.05) is 0 Å². The number of hydrogen-bond donors (Lipinski definition) is 0. The second-order valence-electron chi connectivity index (χ2n) is 3.67. The zero-order chi connectivity index (χ0) is 12.4. The van der Waals surface area contributed by atoms with Crippen LogP contribution >= 0.6 is 0 Å². The van der Waals surface area contributed by atoms with E-state index >= 15 is 0 Å². The van der Waals surface area contributed by atoms with Gasteiger partial charge in [-0.3, -0.25) is 4.98 Å². The summed E-state index contributed by atoms with van der Waals surface area (Å²) in [5.74, 6) is 1.88. The van der Waals surface area contributed by atoms with Crippen molar-refractivity contribution >= 4 is 10.9 Å². The Morgan fingerprint density at radius 2 is 1.71 bits per heavy atom. The van der Waals surface area contributed by atoms with E-state index in [0.29, 0.717) is 17.2 Å². The van der Waals surface area contributed by atoms with E-state index in [1.54, 1.807) is 27.5 Å². The highest BCUT2D eigenvalue weighted by molar-refractivity contribution is 5.92. The van der Waals surface area contributed by atoms with Gasteiger partial charge in [-0.2, -0.15) is 0 Å². The second kappa shape index (κ2) is 4.49. The molecule has 2 rings (SSSR count). The van der Waals surface area contributed by atoms with E-state index in [4.69, 9.17) is 14.2 Å². The number of nitrogens with zero attached hydrogens (tertiary/aromatic N) is 1. The van der Waals surface area contributed by atoms with Crippen LogP contribution in [0.2, 0.25) is 0 Å². The number of ether oxygens (including phenoxy) is 3. The third kappa shape index (κ3) is 1.75. The van der Waals surface area contributed by atoms with Crippen LogP contribution in [-0.4, -0.2) is 26.3 Å². The lowest BCUT2D eigenvalue weighted by atomic mass is 10.1. The van der Waals surface area contributed by atoms with Crippen molar-refractivity contribution in [1.29, 1.82) is 0 Å².